The number of aromatic nitrogens is 2. The van der Waals surface area contributed by atoms with Crippen molar-refractivity contribution in [1.29, 1.82) is 0 Å². The van der Waals surface area contributed by atoms with Crippen molar-refractivity contribution < 1.29 is 22.6 Å². The van der Waals surface area contributed by atoms with Gasteiger partial charge in [0.1, 0.15) is 5.56 Å². The van der Waals surface area contributed by atoms with E-state index in [2.05, 4.69) is 22.6 Å². The fourth-order valence-corrected chi connectivity index (χ4v) is 1.46. The quantitative estimate of drug-likeness (QED) is 0.656. The first kappa shape index (κ1) is 12.4. The van der Waals surface area contributed by atoms with E-state index >= 15 is 0 Å². The van der Waals surface area contributed by atoms with Gasteiger partial charge in [-0.25, -0.2) is 4.98 Å². The molecule has 0 amide bonds. The van der Waals surface area contributed by atoms with Gasteiger partial charge in [0, 0.05) is 6.20 Å². The Balaban J connectivity index is 2.33. The molecule has 1 aromatic rings. The summed E-state index contributed by atoms with van der Waals surface area (Å²) < 4.78 is 48.1. The lowest BCUT2D eigenvalue weighted by Crippen LogP contribution is -2.52. The zero-order chi connectivity index (χ0) is 12.7. The average Bonchev–Trinajstić information content (AvgIpc) is 2.13. The summed E-state index contributed by atoms with van der Waals surface area (Å²) in [5.74, 6) is -0.511. The molecule has 4 nitrogen and oxygen atoms in total. The lowest BCUT2D eigenvalue weighted by Gasteiger charge is -2.38. The Bertz CT molecular complexity index is 435. The van der Waals surface area contributed by atoms with Crippen molar-refractivity contribution in [3.8, 4) is 5.88 Å². The van der Waals surface area contributed by atoms with Gasteiger partial charge in [0.2, 0.25) is 5.88 Å². The molecule has 1 saturated heterocycles. The second-order valence-electron chi connectivity index (χ2n) is 3.93. The van der Waals surface area contributed by atoms with Gasteiger partial charge >= 0.3 is 6.18 Å². The normalized spacial score (nSPS) is 18.6. The maximum Gasteiger partial charge on any atom is 0.423 e. The van der Waals surface area contributed by atoms with Gasteiger partial charge in [-0.15, -0.1) is 12.6 Å². The predicted molar refractivity (Wildman–Crippen MR) is 54.1 cm³/mol. The second-order valence-corrected chi connectivity index (χ2v) is 4.33. The molecule has 94 valence electrons. The third-order valence-electron chi connectivity index (χ3n) is 2.20. The maximum absolute atomic E-state index is 12.7. The number of thiol groups is 1. The topological polar surface area (TPSA) is 44.2 Å². The lowest BCUT2D eigenvalue weighted by atomic mass is 10.1. The van der Waals surface area contributed by atoms with Crippen LogP contribution < -0.4 is 4.74 Å². The highest BCUT2D eigenvalue weighted by molar-refractivity contribution is 7.80. The van der Waals surface area contributed by atoms with Crippen molar-refractivity contribution in [3.05, 3.63) is 11.8 Å². The minimum atomic E-state index is -4.56. The van der Waals surface area contributed by atoms with Crippen LogP contribution in [0.25, 0.3) is 0 Å². The Morgan fingerprint density at radius 1 is 1.47 bits per heavy atom. The molecule has 0 aliphatic carbocycles. The number of hydrogen-bond acceptors (Lipinski definition) is 5. The molecule has 0 atom stereocenters. The summed E-state index contributed by atoms with van der Waals surface area (Å²) in [6, 6.07) is 0. The Labute approximate surface area is 101 Å². The van der Waals surface area contributed by atoms with Gasteiger partial charge in [-0.05, 0) is 6.92 Å². The highest BCUT2D eigenvalue weighted by Gasteiger charge is 2.41. The number of alkyl halides is 3. The number of halogens is 3. The van der Waals surface area contributed by atoms with Crippen LogP contribution in [0.3, 0.4) is 0 Å². The van der Waals surface area contributed by atoms with Gasteiger partial charge in [-0.1, -0.05) is 0 Å². The highest BCUT2D eigenvalue weighted by atomic mass is 32.1. The summed E-state index contributed by atoms with van der Waals surface area (Å²) in [5.41, 5.74) is -1.78. The van der Waals surface area contributed by atoms with Crippen LogP contribution in [0, 0.1) is 0 Å². The summed E-state index contributed by atoms with van der Waals surface area (Å²) in [5, 5.41) is -0.0724. The van der Waals surface area contributed by atoms with Crippen molar-refractivity contribution in [2.75, 3.05) is 13.2 Å². The Morgan fingerprint density at radius 3 is 2.59 bits per heavy atom. The third-order valence-corrected chi connectivity index (χ3v) is 2.42. The van der Waals surface area contributed by atoms with Gasteiger partial charge in [-0.2, -0.15) is 18.2 Å². The Morgan fingerprint density at radius 2 is 2.12 bits per heavy atom. The molecule has 0 radical (unpaired) electrons. The second kappa shape index (κ2) is 4.02. The standard InChI is InChI=1S/C9H9F3N2O2S/c1-8(3-15-4-8)16-6-5(9(10,11)12)2-13-7(17)14-6/h2H,3-4H2,1H3,(H,13,14,17). The van der Waals surface area contributed by atoms with Crippen LogP contribution >= 0.6 is 12.6 Å². The molecule has 1 aliphatic heterocycles. The third kappa shape index (κ3) is 2.63. The first-order valence-corrected chi connectivity index (χ1v) is 5.15. The zero-order valence-electron chi connectivity index (χ0n) is 8.78. The van der Waals surface area contributed by atoms with E-state index in [4.69, 9.17) is 9.47 Å². The fourth-order valence-electron chi connectivity index (χ4n) is 1.31. The van der Waals surface area contributed by atoms with Crippen molar-refractivity contribution in [2.45, 2.75) is 23.9 Å². The molecular weight excluding hydrogens is 257 g/mol. The largest absolute Gasteiger partial charge is 0.466 e. The summed E-state index contributed by atoms with van der Waals surface area (Å²) in [6.45, 7) is 2.11. The van der Waals surface area contributed by atoms with E-state index in [-0.39, 0.29) is 18.4 Å². The van der Waals surface area contributed by atoms with Crippen LogP contribution in [0.15, 0.2) is 11.4 Å². The molecule has 1 aliphatic rings. The molecule has 2 rings (SSSR count). The zero-order valence-corrected chi connectivity index (χ0v) is 9.68. The van der Waals surface area contributed by atoms with Gasteiger partial charge in [0.05, 0.1) is 13.2 Å². The molecule has 0 aromatic carbocycles. The van der Waals surface area contributed by atoms with Crippen LogP contribution in [0.2, 0.25) is 0 Å². The summed E-state index contributed by atoms with van der Waals surface area (Å²) in [4.78, 5) is 6.96. The minimum absolute atomic E-state index is 0.0724. The summed E-state index contributed by atoms with van der Waals surface area (Å²) >= 11 is 3.79. The van der Waals surface area contributed by atoms with Gasteiger partial charge in [-0.3, -0.25) is 0 Å². The minimum Gasteiger partial charge on any atom is -0.466 e. The van der Waals surface area contributed by atoms with Gasteiger partial charge < -0.3 is 9.47 Å². The van der Waals surface area contributed by atoms with E-state index in [0.717, 1.165) is 0 Å². The first-order valence-electron chi connectivity index (χ1n) is 4.70. The fraction of sp³-hybridized carbons (Fsp3) is 0.556. The smallest absolute Gasteiger partial charge is 0.423 e. The molecule has 1 aromatic heterocycles. The number of rotatable bonds is 2. The maximum atomic E-state index is 12.7. The molecule has 0 saturated carbocycles. The Kier molecular flexibility index (Phi) is 2.94. The van der Waals surface area contributed by atoms with Crippen LogP contribution in [-0.4, -0.2) is 28.8 Å². The highest BCUT2D eigenvalue weighted by Crippen LogP contribution is 2.37. The molecule has 8 heteroatoms. The van der Waals surface area contributed by atoms with Crippen LogP contribution in [0.1, 0.15) is 12.5 Å². The van der Waals surface area contributed by atoms with E-state index in [1.165, 1.54) is 0 Å². The summed E-state index contributed by atoms with van der Waals surface area (Å²) in [7, 11) is 0. The van der Waals surface area contributed by atoms with E-state index in [0.29, 0.717) is 6.20 Å². The molecule has 1 fully saturated rings. The monoisotopic (exact) mass is 266 g/mol. The van der Waals surface area contributed by atoms with E-state index in [9.17, 15) is 13.2 Å². The van der Waals surface area contributed by atoms with Gasteiger partial charge in [0.25, 0.3) is 0 Å². The van der Waals surface area contributed by atoms with E-state index in [1.54, 1.807) is 6.92 Å². The predicted octanol–water partition coefficient (Wildman–Crippen LogP) is 1.95. The summed E-state index contributed by atoms with van der Waals surface area (Å²) in [6.07, 6.45) is -3.90. The van der Waals surface area contributed by atoms with Crippen LogP contribution in [0.5, 0.6) is 5.88 Å². The van der Waals surface area contributed by atoms with Crippen molar-refractivity contribution in [2.24, 2.45) is 0 Å². The van der Waals surface area contributed by atoms with Gasteiger partial charge in [0.15, 0.2) is 10.8 Å². The lowest BCUT2D eigenvalue weighted by molar-refractivity contribution is -0.162. The van der Waals surface area contributed by atoms with Crippen LogP contribution in [0.4, 0.5) is 13.2 Å². The number of hydrogen-bond donors (Lipinski definition) is 1. The molecule has 0 spiro atoms. The molecule has 17 heavy (non-hydrogen) atoms. The Hall–Kier alpha value is -1.02. The van der Waals surface area contributed by atoms with Crippen LogP contribution in [-0.2, 0) is 10.9 Å². The molecule has 0 N–H and O–H groups in total. The van der Waals surface area contributed by atoms with Crippen molar-refractivity contribution in [1.82, 2.24) is 9.97 Å². The van der Waals surface area contributed by atoms with Crippen molar-refractivity contribution >= 4 is 12.6 Å². The van der Waals surface area contributed by atoms with Crippen molar-refractivity contribution in [3.63, 3.8) is 0 Å². The van der Waals surface area contributed by atoms with E-state index < -0.39 is 23.2 Å². The number of nitrogens with zero attached hydrogens (tertiary/aromatic N) is 2. The molecule has 2 heterocycles. The van der Waals surface area contributed by atoms with E-state index in [1.807, 2.05) is 0 Å². The average molecular weight is 266 g/mol. The first-order chi connectivity index (χ1) is 7.80. The molecule has 0 unspecified atom stereocenters. The molecule has 0 bridgehead atoms. The SMILES string of the molecule is CC1(Oc2nc(S)ncc2C(F)(F)F)COC1. The number of ether oxygens (including phenoxy) is 2. The molecular formula is C9H9F3N2O2S.